The van der Waals surface area contributed by atoms with Gasteiger partial charge in [0.05, 0.1) is 0 Å². The van der Waals surface area contributed by atoms with Gasteiger partial charge in [0, 0.05) is 21.2 Å². The maximum absolute atomic E-state index is 5.82. The van der Waals surface area contributed by atoms with Gasteiger partial charge in [0.2, 0.25) is 0 Å². The van der Waals surface area contributed by atoms with Gasteiger partial charge in [0.15, 0.2) is 0 Å². The van der Waals surface area contributed by atoms with Crippen molar-refractivity contribution >= 4 is 34.4 Å². The lowest BCUT2D eigenvalue weighted by molar-refractivity contribution is 0.451. The number of hydrogen-bond acceptors (Lipinski definition) is 2. The minimum atomic E-state index is 0.780. The van der Waals surface area contributed by atoms with E-state index < -0.39 is 0 Å². The first-order chi connectivity index (χ1) is 8.70. The van der Waals surface area contributed by atoms with Crippen LogP contribution < -0.4 is 10.5 Å². The third kappa shape index (κ3) is 2.36. The molecular weight excluding hydrogens is 337 g/mol. The number of allylic oxidation sites excluding steroid dienone is 1. The molecule has 0 fully saturated rings. The van der Waals surface area contributed by atoms with Crippen molar-refractivity contribution in [3.63, 3.8) is 0 Å². The zero-order valence-electron chi connectivity index (χ0n) is 9.69. The minimum absolute atomic E-state index is 0.780. The van der Waals surface area contributed by atoms with Crippen LogP contribution in [-0.4, -0.2) is 0 Å². The highest BCUT2D eigenvalue weighted by Gasteiger charge is 2.17. The fourth-order valence-electron chi connectivity index (χ4n) is 2.01. The van der Waals surface area contributed by atoms with Crippen molar-refractivity contribution in [2.75, 3.05) is 5.73 Å². The second-order valence-electron chi connectivity index (χ2n) is 4.31. The second kappa shape index (κ2) is 4.65. The van der Waals surface area contributed by atoms with E-state index in [0.29, 0.717) is 0 Å². The molecule has 0 atom stereocenters. The van der Waals surface area contributed by atoms with Crippen molar-refractivity contribution in [2.45, 2.75) is 6.42 Å². The van der Waals surface area contributed by atoms with Crippen LogP contribution >= 0.6 is 22.6 Å². The first-order valence-corrected chi connectivity index (χ1v) is 6.81. The van der Waals surface area contributed by atoms with Crippen molar-refractivity contribution in [2.24, 2.45) is 0 Å². The Hall–Kier alpha value is -1.49. The van der Waals surface area contributed by atoms with Gasteiger partial charge in [-0.2, -0.15) is 0 Å². The normalized spacial score (nSPS) is 15.5. The molecule has 90 valence electrons. The van der Waals surface area contributed by atoms with E-state index in [1.807, 2.05) is 30.3 Å². The van der Waals surface area contributed by atoms with Gasteiger partial charge in [0.25, 0.3) is 0 Å². The molecule has 0 aliphatic carbocycles. The molecular formula is C15H12INO. The van der Waals surface area contributed by atoms with Gasteiger partial charge in [-0.1, -0.05) is 12.1 Å². The van der Waals surface area contributed by atoms with Gasteiger partial charge in [-0.15, -0.1) is 0 Å². The highest BCUT2D eigenvalue weighted by molar-refractivity contribution is 14.1. The highest BCUT2D eigenvalue weighted by atomic mass is 127. The van der Waals surface area contributed by atoms with Gasteiger partial charge in [0.1, 0.15) is 11.5 Å². The van der Waals surface area contributed by atoms with Crippen molar-refractivity contribution in [3.05, 3.63) is 62.9 Å². The van der Waals surface area contributed by atoms with Crippen LogP contribution in [0, 0.1) is 3.57 Å². The number of hydrogen-bond donors (Lipinski definition) is 1. The fraction of sp³-hybridized carbons (Fsp3) is 0.0667. The third-order valence-electron chi connectivity index (χ3n) is 2.89. The molecule has 2 aromatic carbocycles. The van der Waals surface area contributed by atoms with Gasteiger partial charge < -0.3 is 10.5 Å². The predicted molar refractivity (Wildman–Crippen MR) is 82.3 cm³/mol. The largest absolute Gasteiger partial charge is 0.461 e. The van der Waals surface area contributed by atoms with E-state index in [9.17, 15) is 0 Å². The van der Waals surface area contributed by atoms with E-state index in [-0.39, 0.29) is 0 Å². The summed E-state index contributed by atoms with van der Waals surface area (Å²) in [4.78, 5) is 0. The van der Waals surface area contributed by atoms with Crippen molar-refractivity contribution in [1.29, 1.82) is 0 Å². The maximum atomic E-state index is 5.82. The Balaban J connectivity index is 1.87. The molecule has 0 amide bonds. The summed E-state index contributed by atoms with van der Waals surface area (Å²) in [5.74, 6) is 1.95. The first kappa shape index (κ1) is 11.6. The number of nitrogens with two attached hydrogens (primary N) is 1. The molecule has 3 heteroatoms. The van der Waals surface area contributed by atoms with Gasteiger partial charge in [-0.05, 0) is 64.6 Å². The van der Waals surface area contributed by atoms with Crippen molar-refractivity contribution in [3.8, 4) is 5.75 Å². The molecule has 2 nitrogen and oxygen atoms in total. The lowest BCUT2D eigenvalue weighted by Gasteiger charge is -2.00. The average molecular weight is 349 g/mol. The summed E-state index contributed by atoms with van der Waals surface area (Å²) in [7, 11) is 0. The highest BCUT2D eigenvalue weighted by Crippen LogP contribution is 2.32. The van der Waals surface area contributed by atoms with Gasteiger partial charge >= 0.3 is 0 Å². The number of fused-ring (bicyclic) bond motifs is 1. The molecule has 3 rings (SSSR count). The molecule has 0 aromatic heterocycles. The topological polar surface area (TPSA) is 35.2 Å². The Morgan fingerprint density at radius 2 is 1.89 bits per heavy atom. The number of anilines is 1. The molecule has 0 saturated heterocycles. The SMILES string of the molecule is Nc1ccc(/C=C2/Cc3cc(I)ccc3O2)cc1. The van der Waals surface area contributed by atoms with E-state index in [4.69, 9.17) is 10.5 Å². The first-order valence-electron chi connectivity index (χ1n) is 5.73. The molecule has 2 N–H and O–H groups in total. The van der Waals surface area contributed by atoms with Crippen LogP contribution in [0.4, 0.5) is 5.69 Å². The van der Waals surface area contributed by atoms with Crippen LogP contribution in [0.3, 0.4) is 0 Å². The number of ether oxygens (including phenoxy) is 1. The molecule has 18 heavy (non-hydrogen) atoms. The van der Waals surface area contributed by atoms with Gasteiger partial charge in [-0.25, -0.2) is 0 Å². The fourth-order valence-corrected chi connectivity index (χ4v) is 2.57. The average Bonchev–Trinajstić information content (AvgIpc) is 2.73. The van der Waals surface area contributed by atoms with E-state index in [0.717, 1.165) is 29.2 Å². The number of nitrogen functional groups attached to an aromatic ring is 1. The van der Waals surface area contributed by atoms with E-state index in [1.54, 1.807) is 0 Å². The standard InChI is InChI=1S/C15H12INO/c16-12-3-6-15-11(8-12)9-14(18-15)7-10-1-4-13(17)5-2-10/h1-8H,9,17H2/b14-7-. The lowest BCUT2D eigenvalue weighted by Crippen LogP contribution is -1.88. The lowest BCUT2D eigenvalue weighted by atomic mass is 10.1. The zero-order valence-corrected chi connectivity index (χ0v) is 11.8. The zero-order chi connectivity index (χ0) is 12.5. The van der Waals surface area contributed by atoms with Crippen LogP contribution in [-0.2, 0) is 6.42 Å². The predicted octanol–water partition coefficient (Wildman–Crippen LogP) is 3.85. The number of benzene rings is 2. The summed E-state index contributed by atoms with van der Waals surface area (Å²) in [5, 5.41) is 0. The molecule has 0 saturated carbocycles. The van der Waals surface area contributed by atoms with Crippen LogP contribution in [0.15, 0.2) is 48.2 Å². The van der Waals surface area contributed by atoms with Crippen molar-refractivity contribution < 1.29 is 4.74 Å². The Kier molecular flexibility index (Phi) is 2.99. The summed E-state index contributed by atoms with van der Waals surface area (Å²) in [6.45, 7) is 0. The van der Waals surface area contributed by atoms with E-state index >= 15 is 0 Å². The monoisotopic (exact) mass is 349 g/mol. The summed E-state index contributed by atoms with van der Waals surface area (Å²) < 4.78 is 7.06. The maximum Gasteiger partial charge on any atom is 0.130 e. The molecule has 0 bridgehead atoms. The van der Waals surface area contributed by atoms with Crippen molar-refractivity contribution in [1.82, 2.24) is 0 Å². The van der Waals surface area contributed by atoms with E-state index in [1.165, 1.54) is 9.13 Å². The Labute approximate surface area is 120 Å². The summed E-state index contributed by atoms with van der Waals surface area (Å²) in [6, 6.07) is 14.1. The Morgan fingerprint density at radius 1 is 1.11 bits per heavy atom. The molecule has 2 aromatic rings. The van der Waals surface area contributed by atoms with E-state index in [2.05, 4.69) is 40.8 Å². The molecule has 1 aliphatic rings. The quantitative estimate of drug-likeness (QED) is 0.627. The van der Waals surface area contributed by atoms with Crippen LogP contribution in [0.2, 0.25) is 0 Å². The molecule has 1 heterocycles. The van der Waals surface area contributed by atoms with Gasteiger partial charge in [-0.3, -0.25) is 0 Å². The molecule has 1 aliphatic heterocycles. The second-order valence-corrected chi connectivity index (χ2v) is 5.55. The Bertz CT molecular complexity index is 617. The minimum Gasteiger partial charge on any atom is -0.461 e. The number of rotatable bonds is 1. The van der Waals surface area contributed by atoms with Crippen LogP contribution in [0.5, 0.6) is 5.75 Å². The molecule has 0 spiro atoms. The summed E-state index contributed by atoms with van der Waals surface area (Å²) in [6.07, 6.45) is 2.92. The Morgan fingerprint density at radius 3 is 2.67 bits per heavy atom. The molecule has 0 unspecified atom stereocenters. The smallest absolute Gasteiger partial charge is 0.130 e. The third-order valence-corrected chi connectivity index (χ3v) is 3.56. The van der Waals surface area contributed by atoms with Crippen LogP contribution in [0.25, 0.3) is 6.08 Å². The summed E-state index contributed by atoms with van der Waals surface area (Å²) >= 11 is 2.32. The van der Waals surface area contributed by atoms with Crippen LogP contribution in [0.1, 0.15) is 11.1 Å². The number of halogens is 1. The molecule has 0 radical (unpaired) electrons. The summed E-state index contributed by atoms with van der Waals surface area (Å²) in [5.41, 5.74) is 8.81.